The van der Waals surface area contributed by atoms with Crippen molar-refractivity contribution in [2.45, 2.75) is 6.92 Å². The Bertz CT molecular complexity index is 551. The number of ether oxygens (including phenoxy) is 1. The van der Waals surface area contributed by atoms with E-state index in [0.29, 0.717) is 17.2 Å². The van der Waals surface area contributed by atoms with E-state index in [1.165, 1.54) is 18.4 Å². The molecule has 2 aromatic rings. The first kappa shape index (κ1) is 13.6. The van der Waals surface area contributed by atoms with Gasteiger partial charge < -0.3 is 4.74 Å². The molecule has 0 fully saturated rings. The molecule has 0 unspecified atom stereocenters. The molecule has 1 N–H and O–H groups in total. The standard InChI is InChI=1S/C14H15NO3S/c1-3-18-11-9-12(10-7-5-4-6-8-10)19-13(11)14(16)15-17-2/h4-9H,3H2,1-2H3,(H,15,16). The Morgan fingerprint density at radius 3 is 2.68 bits per heavy atom. The summed E-state index contributed by atoms with van der Waals surface area (Å²) in [6.45, 7) is 2.40. The van der Waals surface area contributed by atoms with Crippen LogP contribution in [0.3, 0.4) is 0 Å². The molecule has 0 saturated carbocycles. The number of hydrogen-bond acceptors (Lipinski definition) is 4. The average Bonchev–Trinajstić information content (AvgIpc) is 2.85. The fraction of sp³-hybridized carbons (Fsp3) is 0.214. The number of hydroxylamine groups is 1. The highest BCUT2D eigenvalue weighted by Crippen LogP contribution is 2.36. The molecule has 0 bridgehead atoms. The van der Waals surface area contributed by atoms with Crippen molar-refractivity contribution < 1.29 is 14.4 Å². The van der Waals surface area contributed by atoms with Gasteiger partial charge in [0.2, 0.25) is 0 Å². The molecule has 0 saturated heterocycles. The molecule has 4 nitrogen and oxygen atoms in total. The van der Waals surface area contributed by atoms with Gasteiger partial charge in [0.15, 0.2) is 0 Å². The number of rotatable bonds is 5. The van der Waals surface area contributed by atoms with Gasteiger partial charge in [-0.3, -0.25) is 9.63 Å². The first-order valence-corrected chi connectivity index (χ1v) is 6.73. The van der Waals surface area contributed by atoms with E-state index in [9.17, 15) is 4.79 Å². The first-order valence-electron chi connectivity index (χ1n) is 5.91. The van der Waals surface area contributed by atoms with Crippen molar-refractivity contribution in [2.24, 2.45) is 0 Å². The third kappa shape index (κ3) is 3.13. The van der Waals surface area contributed by atoms with Crippen LogP contribution in [-0.4, -0.2) is 19.6 Å². The molecular weight excluding hydrogens is 262 g/mol. The van der Waals surface area contributed by atoms with Gasteiger partial charge in [-0.2, -0.15) is 0 Å². The van der Waals surface area contributed by atoms with Crippen molar-refractivity contribution in [1.29, 1.82) is 0 Å². The lowest BCUT2D eigenvalue weighted by Crippen LogP contribution is -2.21. The van der Waals surface area contributed by atoms with Gasteiger partial charge in [0.25, 0.3) is 5.91 Å². The van der Waals surface area contributed by atoms with Crippen LogP contribution < -0.4 is 10.2 Å². The van der Waals surface area contributed by atoms with E-state index in [1.807, 2.05) is 43.3 Å². The molecule has 1 heterocycles. The number of benzene rings is 1. The normalized spacial score (nSPS) is 10.2. The minimum absolute atomic E-state index is 0.293. The minimum atomic E-state index is -0.293. The molecule has 5 heteroatoms. The summed E-state index contributed by atoms with van der Waals surface area (Å²) in [5, 5.41) is 0. The summed E-state index contributed by atoms with van der Waals surface area (Å²) in [7, 11) is 1.41. The predicted molar refractivity (Wildman–Crippen MR) is 75.4 cm³/mol. The third-order valence-electron chi connectivity index (χ3n) is 2.46. The quantitative estimate of drug-likeness (QED) is 0.854. The summed E-state index contributed by atoms with van der Waals surface area (Å²) in [6, 6.07) is 11.8. The number of thiophene rings is 1. The van der Waals surface area contributed by atoms with Gasteiger partial charge in [-0.15, -0.1) is 11.3 Å². The Morgan fingerprint density at radius 1 is 1.32 bits per heavy atom. The van der Waals surface area contributed by atoms with Gasteiger partial charge in [0, 0.05) is 4.88 Å². The molecule has 0 aliphatic heterocycles. The van der Waals surface area contributed by atoms with Crippen LogP contribution in [0.1, 0.15) is 16.6 Å². The maximum atomic E-state index is 11.9. The Balaban J connectivity index is 2.37. The molecule has 0 spiro atoms. The maximum Gasteiger partial charge on any atom is 0.288 e. The molecule has 100 valence electrons. The number of amides is 1. The van der Waals surface area contributed by atoms with Gasteiger partial charge in [-0.1, -0.05) is 30.3 Å². The van der Waals surface area contributed by atoms with E-state index in [0.717, 1.165) is 10.4 Å². The Kier molecular flexibility index (Phi) is 4.54. The van der Waals surface area contributed by atoms with Crippen molar-refractivity contribution in [1.82, 2.24) is 5.48 Å². The largest absolute Gasteiger partial charge is 0.492 e. The van der Waals surface area contributed by atoms with E-state index in [4.69, 9.17) is 4.74 Å². The second kappa shape index (κ2) is 6.36. The van der Waals surface area contributed by atoms with Gasteiger partial charge in [0.1, 0.15) is 10.6 Å². The van der Waals surface area contributed by atoms with Crippen LogP contribution in [0.15, 0.2) is 36.4 Å². The van der Waals surface area contributed by atoms with Crippen molar-refractivity contribution in [3.8, 4) is 16.2 Å². The predicted octanol–water partition coefficient (Wildman–Crippen LogP) is 3.11. The van der Waals surface area contributed by atoms with Gasteiger partial charge in [-0.25, -0.2) is 5.48 Å². The first-order chi connectivity index (χ1) is 9.26. The van der Waals surface area contributed by atoms with Crippen molar-refractivity contribution in [2.75, 3.05) is 13.7 Å². The second-order valence-electron chi connectivity index (χ2n) is 3.74. The zero-order valence-corrected chi connectivity index (χ0v) is 11.6. The van der Waals surface area contributed by atoms with Crippen molar-refractivity contribution in [3.05, 3.63) is 41.3 Å². The lowest BCUT2D eigenvalue weighted by molar-refractivity contribution is 0.0539. The molecule has 1 amide bonds. The monoisotopic (exact) mass is 277 g/mol. The smallest absolute Gasteiger partial charge is 0.288 e. The summed E-state index contributed by atoms with van der Waals surface area (Å²) < 4.78 is 5.50. The highest BCUT2D eigenvalue weighted by atomic mass is 32.1. The number of carbonyl (C=O) groups excluding carboxylic acids is 1. The van der Waals surface area contributed by atoms with E-state index in [1.54, 1.807) is 0 Å². The Labute approximate surface area is 115 Å². The molecule has 1 aromatic heterocycles. The van der Waals surface area contributed by atoms with Crippen molar-refractivity contribution >= 4 is 17.2 Å². The topological polar surface area (TPSA) is 47.6 Å². The van der Waals surface area contributed by atoms with Crippen LogP contribution in [0.2, 0.25) is 0 Å². The number of hydrogen-bond donors (Lipinski definition) is 1. The molecule has 1 aromatic carbocycles. The summed E-state index contributed by atoms with van der Waals surface area (Å²) in [6.07, 6.45) is 0. The number of carbonyl (C=O) groups is 1. The Hall–Kier alpha value is -1.85. The van der Waals surface area contributed by atoms with E-state index in [-0.39, 0.29) is 5.91 Å². The van der Waals surface area contributed by atoms with E-state index in [2.05, 4.69) is 10.3 Å². The van der Waals surface area contributed by atoms with Crippen LogP contribution in [0.25, 0.3) is 10.4 Å². The van der Waals surface area contributed by atoms with Gasteiger partial charge >= 0.3 is 0 Å². The maximum absolute atomic E-state index is 11.9. The molecule has 0 aliphatic rings. The molecule has 0 aliphatic carbocycles. The molecular formula is C14H15NO3S. The lowest BCUT2D eigenvalue weighted by Gasteiger charge is -2.03. The van der Waals surface area contributed by atoms with Crippen LogP contribution in [0.5, 0.6) is 5.75 Å². The average molecular weight is 277 g/mol. The summed E-state index contributed by atoms with van der Waals surface area (Å²) in [5.74, 6) is 0.291. The fourth-order valence-electron chi connectivity index (χ4n) is 1.68. The second-order valence-corrected chi connectivity index (χ2v) is 4.79. The van der Waals surface area contributed by atoms with E-state index < -0.39 is 0 Å². The van der Waals surface area contributed by atoms with Crippen molar-refractivity contribution in [3.63, 3.8) is 0 Å². The van der Waals surface area contributed by atoms with Crippen LogP contribution >= 0.6 is 11.3 Å². The number of nitrogens with one attached hydrogen (secondary N) is 1. The van der Waals surface area contributed by atoms with Crippen LogP contribution in [0, 0.1) is 0 Å². The molecule has 0 radical (unpaired) electrons. The van der Waals surface area contributed by atoms with Crippen LogP contribution in [0.4, 0.5) is 0 Å². The third-order valence-corrected chi connectivity index (χ3v) is 3.62. The highest BCUT2D eigenvalue weighted by Gasteiger charge is 2.18. The molecule has 0 atom stereocenters. The summed E-state index contributed by atoms with van der Waals surface area (Å²) in [5.41, 5.74) is 3.38. The van der Waals surface area contributed by atoms with E-state index >= 15 is 0 Å². The lowest BCUT2D eigenvalue weighted by atomic mass is 10.2. The molecule has 2 rings (SSSR count). The van der Waals surface area contributed by atoms with Gasteiger partial charge in [0.05, 0.1) is 13.7 Å². The Morgan fingerprint density at radius 2 is 2.05 bits per heavy atom. The SMILES string of the molecule is CCOc1cc(-c2ccccc2)sc1C(=O)NOC. The summed E-state index contributed by atoms with van der Waals surface area (Å²) in [4.78, 5) is 18.0. The van der Waals surface area contributed by atoms with Gasteiger partial charge in [-0.05, 0) is 18.6 Å². The molecule has 19 heavy (non-hydrogen) atoms. The van der Waals surface area contributed by atoms with Crippen LogP contribution in [-0.2, 0) is 4.84 Å². The zero-order valence-electron chi connectivity index (χ0n) is 10.8. The summed E-state index contributed by atoms with van der Waals surface area (Å²) >= 11 is 1.38. The minimum Gasteiger partial charge on any atom is -0.492 e. The highest BCUT2D eigenvalue weighted by molar-refractivity contribution is 7.17. The fourth-order valence-corrected chi connectivity index (χ4v) is 2.67. The zero-order chi connectivity index (χ0) is 13.7.